The molecule has 0 spiro atoms. The molecule has 2 heterocycles. The van der Waals surface area contributed by atoms with Crippen molar-refractivity contribution in [1.82, 2.24) is 9.97 Å². The zero-order valence-electron chi connectivity index (χ0n) is 16.8. The third-order valence-electron chi connectivity index (χ3n) is 5.03. The van der Waals surface area contributed by atoms with Gasteiger partial charge in [-0.2, -0.15) is 0 Å². The number of benzene rings is 2. The molecule has 30 heavy (non-hydrogen) atoms. The fourth-order valence-electron chi connectivity index (χ4n) is 3.40. The lowest BCUT2D eigenvalue weighted by Crippen LogP contribution is -2.33. The van der Waals surface area contributed by atoms with Crippen LogP contribution in [0.3, 0.4) is 0 Å². The second-order valence-electron chi connectivity index (χ2n) is 6.99. The van der Waals surface area contributed by atoms with Gasteiger partial charge in [0.25, 0.3) is 11.5 Å². The van der Waals surface area contributed by atoms with E-state index in [0.29, 0.717) is 22.6 Å². The lowest BCUT2D eigenvalue weighted by atomic mass is 10.1. The van der Waals surface area contributed by atoms with Crippen molar-refractivity contribution in [2.24, 2.45) is 0 Å². The highest BCUT2D eigenvalue weighted by Gasteiger charge is 2.20. The monoisotopic (exact) mass is 399 g/mol. The first-order chi connectivity index (χ1) is 14.6. The number of H-pyrrole nitrogens is 1. The van der Waals surface area contributed by atoms with E-state index in [1.807, 2.05) is 31.2 Å². The molecule has 0 aliphatic heterocycles. The van der Waals surface area contributed by atoms with Crippen LogP contribution in [0.5, 0.6) is 5.75 Å². The van der Waals surface area contributed by atoms with Gasteiger partial charge in [0, 0.05) is 23.6 Å². The first-order valence-electron chi connectivity index (χ1n) is 9.54. The summed E-state index contributed by atoms with van der Waals surface area (Å²) in [6.07, 6.45) is 3.14. The third kappa shape index (κ3) is 3.80. The summed E-state index contributed by atoms with van der Waals surface area (Å²) in [5.74, 6) is 0.448. The molecule has 0 bridgehead atoms. The molecule has 6 heteroatoms. The van der Waals surface area contributed by atoms with Crippen LogP contribution in [0.4, 0.5) is 5.69 Å². The molecule has 4 rings (SSSR count). The van der Waals surface area contributed by atoms with Gasteiger partial charge in [-0.15, -0.1) is 0 Å². The molecule has 150 valence electrons. The molecule has 0 atom stereocenters. The van der Waals surface area contributed by atoms with Gasteiger partial charge in [-0.25, -0.2) is 0 Å². The Bertz CT molecular complexity index is 1250. The summed E-state index contributed by atoms with van der Waals surface area (Å²) in [7, 11) is 1.59. The van der Waals surface area contributed by atoms with Gasteiger partial charge in [0.2, 0.25) is 0 Å². The Morgan fingerprint density at radius 3 is 2.60 bits per heavy atom. The fourth-order valence-corrected chi connectivity index (χ4v) is 3.40. The van der Waals surface area contributed by atoms with E-state index < -0.39 is 0 Å². The number of nitrogens with zero attached hydrogens (tertiary/aromatic N) is 2. The summed E-state index contributed by atoms with van der Waals surface area (Å²) in [5, 5.41) is 0.924. The molecule has 1 N–H and O–H groups in total. The molecule has 0 aliphatic rings. The van der Waals surface area contributed by atoms with Crippen LogP contribution in [0.2, 0.25) is 0 Å². The average Bonchev–Trinajstić information content (AvgIpc) is 2.78. The minimum absolute atomic E-state index is 0.124. The molecule has 2 aromatic carbocycles. The smallest absolute Gasteiger partial charge is 0.260 e. The van der Waals surface area contributed by atoms with Crippen molar-refractivity contribution in [3.05, 3.63) is 100 Å². The molecule has 0 unspecified atom stereocenters. The highest BCUT2D eigenvalue weighted by Crippen LogP contribution is 2.23. The Kier molecular flexibility index (Phi) is 5.30. The predicted molar refractivity (Wildman–Crippen MR) is 117 cm³/mol. The van der Waals surface area contributed by atoms with E-state index in [4.69, 9.17) is 4.74 Å². The third-order valence-corrected chi connectivity index (χ3v) is 5.03. The number of aromatic nitrogens is 2. The second kappa shape index (κ2) is 8.21. The number of hydrogen-bond donors (Lipinski definition) is 1. The summed E-state index contributed by atoms with van der Waals surface area (Å²) >= 11 is 0. The number of nitrogens with one attached hydrogen (secondary N) is 1. The minimum atomic E-state index is -0.239. The Labute approximate surface area is 173 Å². The molecule has 0 saturated heterocycles. The highest BCUT2D eigenvalue weighted by atomic mass is 16.5. The number of methoxy groups -OCH3 is 1. The Morgan fingerprint density at radius 2 is 1.90 bits per heavy atom. The summed E-state index contributed by atoms with van der Waals surface area (Å²) in [4.78, 5) is 34.6. The van der Waals surface area contributed by atoms with Gasteiger partial charge in [0.05, 0.1) is 24.7 Å². The van der Waals surface area contributed by atoms with E-state index in [9.17, 15) is 9.59 Å². The first kappa shape index (κ1) is 19.4. The normalized spacial score (nSPS) is 10.7. The topological polar surface area (TPSA) is 75.3 Å². The molecule has 2 aromatic heterocycles. The number of carbonyl (C=O) groups excluding carboxylic acids is 1. The Balaban J connectivity index is 1.78. The number of carbonyl (C=O) groups is 1. The number of para-hydroxylation sites is 1. The first-order valence-corrected chi connectivity index (χ1v) is 9.54. The zero-order valence-corrected chi connectivity index (χ0v) is 16.8. The number of amides is 1. The standard InChI is InChI=1S/C24H21N3O3/c1-16-5-3-6-17-13-19(23(28)26-22(16)17)15-27(20-8-10-21(30-2)11-9-20)24(29)18-7-4-12-25-14-18/h3-14H,15H2,1-2H3,(H,26,28). The summed E-state index contributed by atoms with van der Waals surface area (Å²) in [5.41, 5.74) is 3.20. The largest absolute Gasteiger partial charge is 0.497 e. The van der Waals surface area contributed by atoms with Crippen LogP contribution in [-0.4, -0.2) is 23.0 Å². The van der Waals surface area contributed by atoms with Gasteiger partial charge in [0.15, 0.2) is 0 Å². The van der Waals surface area contributed by atoms with Gasteiger partial charge in [-0.1, -0.05) is 18.2 Å². The molecule has 0 radical (unpaired) electrons. The minimum Gasteiger partial charge on any atom is -0.497 e. The summed E-state index contributed by atoms with van der Waals surface area (Å²) in [6.45, 7) is 2.08. The second-order valence-corrected chi connectivity index (χ2v) is 6.99. The van der Waals surface area contributed by atoms with Crippen molar-refractivity contribution < 1.29 is 9.53 Å². The van der Waals surface area contributed by atoms with E-state index >= 15 is 0 Å². The maximum atomic E-state index is 13.3. The molecule has 0 fully saturated rings. The maximum absolute atomic E-state index is 13.3. The molecule has 0 saturated carbocycles. The number of rotatable bonds is 5. The average molecular weight is 399 g/mol. The fraction of sp³-hybridized carbons (Fsp3) is 0.125. The van der Waals surface area contributed by atoms with Crippen molar-refractivity contribution in [2.45, 2.75) is 13.5 Å². The van der Waals surface area contributed by atoms with Crippen LogP contribution in [0.25, 0.3) is 10.9 Å². The Hall–Kier alpha value is -3.93. The van der Waals surface area contributed by atoms with E-state index in [0.717, 1.165) is 16.5 Å². The molecule has 4 aromatic rings. The van der Waals surface area contributed by atoms with Crippen molar-refractivity contribution >= 4 is 22.5 Å². The van der Waals surface area contributed by atoms with Gasteiger partial charge in [-0.3, -0.25) is 14.6 Å². The molecule has 0 aliphatic carbocycles. The van der Waals surface area contributed by atoms with Crippen LogP contribution in [0, 0.1) is 6.92 Å². The van der Waals surface area contributed by atoms with Crippen molar-refractivity contribution in [3.63, 3.8) is 0 Å². The van der Waals surface area contributed by atoms with Crippen molar-refractivity contribution in [2.75, 3.05) is 12.0 Å². The van der Waals surface area contributed by atoms with Gasteiger partial charge in [0.1, 0.15) is 5.75 Å². The SMILES string of the molecule is COc1ccc(N(Cc2cc3cccc(C)c3[nH]c2=O)C(=O)c2cccnc2)cc1. The maximum Gasteiger partial charge on any atom is 0.260 e. The number of hydrogen-bond acceptors (Lipinski definition) is 4. The molecule has 6 nitrogen and oxygen atoms in total. The zero-order chi connectivity index (χ0) is 21.1. The van der Waals surface area contributed by atoms with Crippen LogP contribution in [-0.2, 0) is 6.54 Å². The van der Waals surface area contributed by atoms with Gasteiger partial charge < -0.3 is 14.6 Å². The number of anilines is 1. The van der Waals surface area contributed by atoms with Gasteiger partial charge in [-0.05, 0) is 60.3 Å². The molecular weight excluding hydrogens is 378 g/mol. The van der Waals surface area contributed by atoms with Crippen molar-refractivity contribution in [3.8, 4) is 5.75 Å². The van der Waals surface area contributed by atoms with E-state index in [1.165, 1.54) is 6.20 Å². The molecular formula is C24H21N3O3. The number of pyridine rings is 2. The quantitative estimate of drug-likeness (QED) is 0.549. The lowest BCUT2D eigenvalue weighted by molar-refractivity contribution is 0.0984. The van der Waals surface area contributed by atoms with Crippen LogP contribution >= 0.6 is 0 Å². The summed E-state index contributed by atoms with van der Waals surface area (Å²) < 4.78 is 5.22. The van der Waals surface area contributed by atoms with E-state index in [-0.39, 0.29) is 18.0 Å². The molecule has 1 amide bonds. The number of aryl methyl sites for hydroxylation is 1. The highest BCUT2D eigenvalue weighted by molar-refractivity contribution is 6.05. The van der Waals surface area contributed by atoms with Gasteiger partial charge >= 0.3 is 0 Å². The van der Waals surface area contributed by atoms with Crippen LogP contribution in [0.15, 0.2) is 77.9 Å². The van der Waals surface area contributed by atoms with E-state index in [2.05, 4.69) is 9.97 Å². The summed E-state index contributed by atoms with van der Waals surface area (Å²) in [6, 6.07) is 18.3. The lowest BCUT2D eigenvalue weighted by Gasteiger charge is -2.23. The number of aromatic amines is 1. The van der Waals surface area contributed by atoms with Crippen LogP contribution < -0.4 is 15.2 Å². The Morgan fingerprint density at radius 1 is 1.10 bits per heavy atom. The van der Waals surface area contributed by atoms with E-state index in [1.54, 1.807) is 54.6 Å². The predicted octanol–water partition coefficient (Wildman–Crippen LogP) is 4.09. The van der Waals surface area contributed by atoms with Crippen LogP contribution in [0.1, 0.15) is 21.5 Å². The number of ether oxygens (including phenoxy) is 1. The number of fused-ring (bicyclic) bond motifs is 1. The van der Waals surface area contributed by atoms with Crippen molar-refractivity contribution in [1.29, 1.82) is 0 Å².